The number of benzene rings is 2. The van der Waals surface area contributed by atoms with E-state index < -0.39 is 0 Å². The van der Waals surface area contributed by atoms with E-state index in [-0.39, 0.29) is 17.6 Å². The van der Waals surface area contributed by atoms with E-state index in [1.54, 1.807) is 25.1 Å². The average molecular weight is 304 g/mol. The maximum Gasteiger partial charge on any atom is 0.268 e. The first-order valence-electron chi connectivity index (χ1n) is 7.15. The SMILES string of the molecule is Cc1nc2ccccc2c2c1C(=O)N(c1ccc(O)cc1)C2=O. The summed E-state index contributed by atoms with van der Waals surface area (Å²) in [5, 5.41) is 10.1. The van der Waals surface area contributed by atoms with E-state index >= 15 is 0 Å². The Morgan fingerprint density at radius 2 is 1.57 bits per heavy atom. The molecule has 5 nitrogen and oxygen atoms in total. The zero-order valence-corrected chi connectivity index (χ0v) is 12.3. The molecule has 3 aromatic rings. The average Bonchev–Trinajstić information content (AvgIpc) is 2.81. The van der Waals surface area contributed by atoms with Gasteiger partial charge < -0.3 is 5.11 Å². The van der Waals surface area contributed by atoms with E-state index in [1.165, 1.54) is 12.1 Å². The highest BCUT2D eigenvalue weighted by Crippen LogP contribution is 2.34. The number of phenols is 1. The second-order valence-corrected chi connectivity index (χ2v) is 5.43. The van der Waals surface area contributed by atoms with Gasteiger partial charge >= 0.3 is 0 Å². The number of imide groups is 1. The monoisotopic (exact) mass is 304 g/mol. The molecular weight excluding hydrogens is 292 g/mol. The van der Waals surface area contributed by atoms with E-state index in [0.29, 0.717) is 33.4 Å². The summed E-state index contributed by atoms with van der Waals surface area (Å²) in [7, 11) is 0. The molecule has 1 N–H and O–H groups in total. The fourth-order valence-electron chi connectivity index (χ4n) is 2.97. The fraction of sp³-hybridized carbons (Fsp3) is 0.0556. The number of carbonyl (C=O) groups is 2. The zero-order chi connectivity index (χ0) is 16.1. The molecule has 1 aromatic heterocycles. The Morgan fingerprint density at radius 1 is 0.913 bits per heavy atom. The lowest BCUT2D eigenvalue weighted by Crippen LogP contribution is -2.29. The van der Waals surface area contributed by atoms with Crippen LogP contribution in [0.1, 0.15) is 26.4 Å². The molecule has 5 heteroatoms. The molecule has 0 saturated carbocycles. The van der Waals surface area contributed by atoms with Crippen LogP contribution in [0.3, 0.4) is 0 Å². The minimum Gasteiger partial charge on any atom is -0.508 e. The summed E-state index contributed by atoms with van der Waals surface area (Å²) in [5.74, 6) is -0.669. The molecule has 2 amide bonds. The summed E-state index contributed by atoms with van der Waals surface area (Å²) >= 11 is 0. The summed E-state index contributed by atoms with van der Waals surface area (Å²) < 4.78 is 0. The molecule has 112 valence electrons. The van der Waals surface area contributed by atoms with Crippen LogP contribution in [-0.2, 0) is 0 Å². The number of aryl methyl sites for hydroxylation is 1. The van der Waals surface area contributed by atoms with Gasteiger partial charge in [0.25, 0.3) is 11.8 Å². The molecule has 2 heterocycles. The highest BCUT2D eigenvalue weighted by molar-refractivity contribution is 6.37. The highest BCUT2D eigenvalue weighted by atomic mass is 16.3. The number of para-hydroxylation sites is 1. The number of amides is 2. The molecule has 0 unspecified atom stereocenters. The molecule has 0 spiro atoms. The maximum absolute atomic E-state index is 12.9. The Kier molecular flexibility index (Phi) is 2.72. The van der Waals surface area contributed by atoms with Gasteiger partial charge in [0.15, 0.2) is 0 Å². The van der Waals surface area contributed by atoms with Gasteiger partial charge in [-0.2, -0.15) is 0 Å². The Labute approximate surface area is 131 Å². The van der Waals surface area contributed by atoms with Crippen molar-refractivity contribution in [3.63, 3.8) is 0 Å². The van der Waals surface area contributed by atoms with E-state index in [9.17, 15) is 14.7 Å². The third-order valence-electron chi connectivity index (χ3n) is 4.02. The van der Waals surface area contributed by atoms with Crippen molar-refractivity contribution in [3.05, 3.63) is 65.4 Å². The summed E-state index contributed by atoms with van der Waals surface area (Å²) in [6, 6.07) is 13.3. The number of pyridine rings is 1. The van der Waals surface area contributed by atoms with Crippen molar-refractivity contribution < 1.29 is 14.7 Å². The van der Waals surface area contributed by atoms with E-state index in [0.717, 1.165) is 4.90 Å². The van der Waals surface area contributed by atoms with Crippen molar-refractivity contribution in [2.75, 3.05) is 4.90 Å². The van der Waals surface area contributed by atoms with Crippen molar-refractivity contribution in [2.24, 2.45) is 0 Å². The number of carbonyl (C=O) groups excluding carboxylic acids is 2. The lowest BCUT2D eigenvalue weighted by Gasteiger charge is -2.13. The molecule has 0 fully saturated rings. The predicted molar refractivity (Wildman–Crippen MR) is 85.7 cm³/mol. The van der Waals surface area contributed by atoms with Gasteiger partial charge in [-0.15, -0.1) is 0 Å². The molecule has 0 bridgehead atoms. The number of rotatable bonds is 1. The topological polar surface area (TPSA) is 70.5 Å². The van der Waals surface area contributed by atoms with Crippen LogP contribution in [0.5, 0.6) is 5.75 Å². The number of nitrogens with zero attached hydrogens (tertiary/aromatic N) is 2. The Bertz CT molecular complexity index is 977. The maximum atomic E-state index is 12.9. The van der Waals surface area contributed by atoms with E-state index in [1.807, 2.05) is 18.2 Å². The Balaban J connectivity index is 1.97. The summed E-state index contributed by atoms with van der Waals surface area (Å²) in [4.78, 5) is 31.2. The van der Waals surface area contributed by atoms with E-state index in [4.69, 9.17) is 0 Å². The molecule has 0 saturated heterocycles. The molecule has 0 aliphatic carbocycles. The molecule has 1 aliphatic rings. The number of fused-ring (bicyclic) bond motifs is 3. The van der Waals surface area contributed by atoms with Crippen LogP contribution in [0.4, 0.5) is 5.69 Å². The van der Waals surface area contributed by atoms with Gasteiger partial charge in [0.05, 0.1) is 28.0 Å². The van der Waals surface area contributed by atoms with Crippen LogP contribution >= 0.6 is 0 Å². The number of hydrogen-bond donors (Lipinski definition) is 1. The van der Waals surface area contributed by atoms with Crippen LogP contribution in [0.15, 0.2) is 48.5 Å². The fourth-order valence-corrected chi connectivity index (χ4v) is 2.97. The largest absolute Gasteiger partial charge is 0.508 e. The number of phenolic OH excluding ortho intramolecular Hbond substituents is 1. The lowest BCUT2D eigenvalue weighted by molar-refractivity contribution is 0.0926. The van der Waals surface area contributed by atoms with Crippen molar-refractivity contribution in [2.45, 2.75) is 6.92 Å². The van der Waals surface area contributed by atoms with Gasteiger partial charge in [-0.1, -0.05) is 18.2 Å². The van der Waals surface area contributed by atoms with Gasteiger partial charge in [-0.25, -0.2) is 4.90 Å². The third-order valence-corrected chi connectivity index (χ3v) is 4.02. The third kappa shape index (κ3) is 1.83. The summed E-state index contributed by atoms with van der Waals surface area (Å²) in [5.41, 5.74) is 2.40. The Hall–Kier alpha value is -3.21. The van der Waals surface area contributed by atoms with Crippen LogP contribution in [0, 0.1) is 6.92 Å². The molecule has 1 aliphatic heterocycles. The van der Waals surface area contributed by atoms with Gasteiger partial charge in [0.2, 0.25) is 0 Å². The molecule has 2 aromatic carbocycles. The summed E-state index contributed by atoms with van der Waals surface area (Å²) in [6.45, 7) is 1.73. The molecule has 23 heavy (non-hydrogen) atoms. The quantitative estimate of drug-likeness (QED) is 0.701. The van der Waals surface area contributed by atoms with Gasteiger partial charge in [-0.05, 0) is 37.3 Å². The smallest absolute Gasteiger partial charge is 0.268 e. The van der Waals surface area contributed by atoms with Crippen LogP contribution in [0.25, 0.3) is 10.9 Å². The van der Waals surface area contributed by atoms with Gasteiger partial charge in [0.1, 0.15) is 5.75 Å². The van der Waals surface area contributed by atoms with Crippen molar-refractivity contribution in [3.8, 4) is 5.75 Å². The second kappa shape index (κ2) is 4.64. The van der Waals surface area contributed by atoms with Crippen molar-refractivity contribution in [1.29, 1.82) is 0 Å². The summed E-state index contributed by atoms with van der Waals surface area (Å²) in [6.07, 6.45) is 0. The van der Waals surface area contributed by atoms with Crippen molar-refractivity contribution >= 4 is 28.4 Å². The molecule has 0 radical (unpaired) electrons. The minimum atomic E-state index is -0.383. The molecule has 0 atom stereocenters. The predicted octanol–water partition coefficient (Wildman–Crippen LogP) is 3.05. The number of aromatic nitrogens is 1. The normalized spacial score (nSPS) is 13.7. The minimum absolute atomic E-state index is 0.0775. The van der Waals surface area contributed by atoms with Crippen molar-refractivity contribution in [1.82, 2.24) is 4.98 Å². The standard InChI is InChI=1S/C18H12N2O3/c1-10-15-16(13-4-2-3-5-14(13)19-10)18(23)20(17(15)22)11-6-8-12(21)9-7-11/h2-9,21H,1H3. The van der Waals surface area contributed by atoms with E-state index in [2.05, 4.69) is 4.98 Å². The number of hydrogen-bond acceptors (Lipinski definition) is 4. The van der Waals surface area contributed by atoms with Gasteiger partial charge in [-0.3, -0.25) is 14.6 Å². The zero-order valence-electron chi connectivity index (χ0n) is 12.3. The Morgan fingerprint density at radius 3 is 2.30 bits per heavy atom. The first-order chi connectivity index (χ1) is 11.1. The highest BCUT2D eigenvalue weighted by Gasteiger charge is 2.39. The lowest BCUT2D eigenvalue weighted by atomic mass is 10.0. The second-order valence-electron chi connectivity index (χ2n) is 5.43. The van der Waals surface area contributed by atoms with Crippen LogP contribution in [-0.4, -0.2) is 21.9 Å². The first kappa shape index (κ1) is 13.5. The number of anilines is 1. The molecule has 4 rings (SSSR count). The van der Waals surface area contributed by atoms with Crippen LogP contribution < -0.4 is 4.90 Å². The molecular formula is C18H12N2O3. The number of aromatic hydroxyl groups is 1. The van der Waals surface area contributed by atoms with Crippen LogP contribution in [0.2, 0.25) is 0 Å². The van der Waals surface area contributed by atoms with Gasteiger partial charge in [0, 0.05) is 5.39 Å². The first-order valence-corrected chi connectivity index (χ1v) is 7.15.